The Morgan fingerprint density at radius 1 is 1.03 bits per heavy atom. The summed E-state index contributed by atoms with van der Waals surface area (Å²) in [5.74, 6) is 0.659. The molecule has 0 amide bonds. The summed E-state index contributed by atoms with van der Waals surface area (Å²) >= 11 is 6.16. The molecule has 0 aliphatic carbocycles. The monoisotopic (exact) mass is 435 g/mol. The van der Waals surface area contributed by atoms with E-state index in [4.69, 9.17) is 11.6 Å². The lowest BCUT2D eigenvalue weighted by Crippen LogP contribution is -2.39. The average Bonchev–Trinajstić information content (AvgIpc) is 3.35. The minimum absolute atomic E-state index is 0.280. The van der Waals surface area contributed by atoms with Gasteiger partial charge in [-0.25, -0.2) is 4.79 Å². The summed E-state index contributed by atoms with van der Waals surface area (Å²) in [6.45, 7) is 1.68. The zero-order valence-electron chi connectivity index (χ0n) is 17.2. The standard InChI is InChI=1S/C23H22ClN5O2/c1-26-20-19(21(30)29(23(26)31)12-6-9-16-7-3-2-4-8-16)28-14-13-27(22(28)25-20)18-11-5-10-17(24)15-18/h2-5,7-8,10-11,15H,6,9,12-14H2,1H3. The first-order chi connectivity index (χ1) is 15.0. The van der Waals surface area contributed by atoms with Gasteiger partial charge in [0.1, 0.15) is 0 Å². The second-order valence-corrected chi connectivity index (χ2v) is 8.19. The van der Waals surface area contributed by atoms with Gasteiger partial charge < -0.3 is 9.47 Å². The highest BCUT2D eigenvalue weighted by atomic mass is 35.5. The molecule has 0 N–H and O–H groups in total. The smallest absolute Gasteiger partial charge is 0.310 e. The number of hydrogen-bond donors (Lipinski definition) is 0. The van der Waals surface area contributed by atoms with Crippen LogP contribution in [0.5, 0.6) is 0 Å². The summed E-state index contributed by atoms with van der Waals surface area (Å²) in [4.78, 5) is 32.9. The fourth-order valence-electron chi connectivity index (χ4n) is 4.25. The first-order valence-electron chi connectivity index (χ1n) is 10.3. The molecule has 0 bridgehead atoms. The molecule has 0 saturated carbocycles. The second kappa shape index (κ2) is 7.74. The van der Waals surface area contributed by atoms with Crippen LogP contribution in [-0.2, 0) is 26.6 Å². The van der Waals surface area contributed by atoms with Gasteiger partial charge in [0.25, 0.3) is 5.56 Å². The van der Waals surface area contributed by atoms with E-state index in [1.165, 1.54) is 14.7 Å². The Labute approximate surface area is 183 Å². The molecular weight excluding hydrogens is 414 g/mol. The van der Waals surface area contributed by atoms with Crippen molar-refractivity contribution in [3.8, 4) is 0 Å². The van der Waals surface area contributed by atoms with Gasteiger partial charge in [-0.15, -0.1) is 0 Å². The van der Waals surface area contributed by atoms with E-state index in [0.29, 0.717) is 48.2 Å². The van der Waals surface area contributed by atoms with Gasteiger partial charge >= 0.3 is 5.69 Å². The van der Waals surface area contributed by atoms with Crippen LogP contribution >= 0.6 is 11.6 Å². The molecule has 2 aromatic carbocycles. The Bertz CT molecular complexity index is 1390. The molecule has 1 aliphatic heterocycles. The number of benzene rings is 2. The molecule has 4 aromatic rings. The van der Waals surface area contributed by atoms with E-state index in [9.17, 15) is 9.59 Å². The Balaban J connectivity index is 1.53. The lowest BCUT2D eigenvalue weighted by atomic mass is 10.1. The number of rotatable bonds is 5. The van der Waals surface area contributed by atoms with Gasteiger partial charge in [0.2, 0.25) is 5.95 Å². The van der Waals surface area contributed by atoms with Gasteiger partial charge in [-0.05, 0) is 36.6 Å². The van der Waals surface area contributed by atoms with Crippen molar-refractivity contribution in [1.29, 1.82) is 0 Å². The Kier molecular flexibility index (Phi) is 4.90. The molecule has 0 unspecified atom stereocenters. The molecule has 158 valence electrons. The van der Waals surface area contributed by atoms with Crippen LogP contribution in [0.2, 0.25) is 5.02 Å². The Morgan fingerprint density at radius 3 is 2.61 bits per heavy atom. The van der Waals surface area contributed by atoms with E-state index >= 15 is 0 Å². The quantitative estimate of drug-likeness (QED) is 0.482. The van der Waals surface area contributed by atoms with Gasteiger partial charge in [0.05, 0.1) is 0 Å². The van der Waals surface area contributed by atoms with Gasteiger partial charge in [-0.1, -0.05) is 48.0 Å². The van der Waals surface area contributed by atoms with Crippen LogP contribution in [0.4, 0.5) is 11.6 Å². The number of nitrogens with zero attached hydrogens (tertiary/aromatic N) is 5. The van der Waals surface area contributed by atoms with Crippen LogP contribution in [0.3, 0.4) is 0 Å². The lowest BCUT2D eigenvalue weighted by molar-refractivity contribution is 0.570. The average molecular weight is 436 g/mol. The molecular formula is C23H22ClN5O2. The minimum atomic E-state index is -0.336. The SMILES string of the molecule is Cn1c(=O)n(CCCc2ccccc2)c(=O)c2c1nc1n2CCN1c1cccc(Cl)c1. The van der Waals surface area contributed by atoms with Gasteiger partial charge in [0, 0.05) is 37.4 Å². The third kappa shape index (κ3) is 3.35. The van der Waals surface area contributed by atoms with Crippen molar-refractivity contribution >= 4 is 34.4 Å². The number of aryl methyl sites for hydroxylation is 2. The van der Waals surface area contributed by atoms with Gasteiger partial charge in [-0.2, -0.15) is 4.98 Å². The van der Waals surface area contributed by atoms with E-state index in [1.807, 2.05) is 51.9 Å². The number of aromatic nitrogens is 4. The third-order valence-corrected chi connectivity index (χ3v) is 6.05. The summed E-state index contributed by atoms with van der Waals surface area (Å²) in [5, 5.41) is 0.639. The molecule has 7 nitrogen and oxygen atoms in total. The summed E-state index contributed by atoms with van der Waals surface area (Å²) < 4.78 is 4.72. The summed E-state index contributed by atoms with van der Waals surface area (Å²) in [7, 11) is 1.67. The highest BCUT2D eigenvalue weighted by molar-refractivity contribution is 6.30. The molecule has 5 rings (SSSR count). The summed E-state index contributed by atoms with van der Waals surface area (Å²) in [6, 6.07) is 17.6. The number of halogens is 1. The molecule has 0 spiro atoms. The number of hydrogen-bond acceptors (Lipinski definition) is 4. The third-order valence-electron chi connectivity index (χ3n) is 5.81. The largest absolute Gasteiger partial charge is 0.332 e. The van der Waals surface area contributed by atoms with Crippen molar-refractivity contribution in [2.24, 2.45) is 7.05 Å². The lowest BCUT2D eigenvalue weighted by Gasteiger charge is -2.16. The zero-order chi connectivity index (χ0) is 21.5. The maximum absolute atomic E-state index is 13.3. The Morgan fingerprint density at radius 2 is 1.84 bits per heavy atom. The van der Waals surface area contributed by atoms with E-state index in [0.717, 1.165) is 12.1 Å². The highest BCUT2D eigenvalue weighted by Gasteiger charge is 2.28. The zero-order valence-corrected chi connectivity index (χ0v) is 17.9. The first kappa shape index (κ1) is 19.6. The second-order valence-electron chi connectivity index (χ2n) is 7.75. The number of fused-ring (bicyclic) bond motifs is 3. The van der Waals surface area contributed by atoms with Crippen LogP contribution in [0.1, 0.15) is 12.0 Å². The predicted octanol–water partition coefficient (Wildman–Crippen LogP) is 3.33. The topological polar surface area (TPSA) is 65.1 Å². The normalized spacial score (nSPS) is 13.2. The molecule has 0 radical (unpaired) electrons. The minimum Gasteiger partial charge on any atom is -0.310 e. The highest BCUT2D eigenvalue weighted by Crippen LogP contribution is 2.32. The fourth-order valence-corrected chi connectivity index (χ4v) is 4.43. The van der Waals surface area contributed by atoms with Crippen LogP contribution in [0, 0.1) is 0 Å². The van der Waals surface area contributed by atoms with E-state index in [-0.39, 0.29) is 11.2 Å². The van der Waals surface area contributed by atoms with Crippen LogP contribution in [0.25, 0.3) is 11.2 Å². The molecule has 0 fully saturated rings. The van der Waals surface area contributed by atoms with Crippen molar-refractivity contribution in [2.45, 2.75) is 25.9 Å². The molecule has 3 heterocycles. The van der Waals surface area contributed by atoms with Crippen LogP contribution in [-0.4, -0.2) is 25.2 Å². The first-order valence-corrected chi connectivity index (χ1v) is 10.7. The van der Waals surface area contributed by atoms with Crippen molar-refractivity contribution in [1.82, 2.24) is 18.7 Å². The molecule has 8 heteroatoms. The van der Waals surface area contributed by atoms with Crippen molar-refractivity contribution in [3.05, 3.63) is 86.0 Å². The molecule has 0 atom stereocenters. The molecule has 0 saturated heterocycles. The Hall–Kier alpha value is -3.32. The van der Waals surface area contributed by atoms with E-state index in [2.05, 4.69) is 17.1 Å². The van der Waals surface area contributed by atoms with Crippen molar-refractivity contribution in [2.75, 3.05) is 11.4 Å². The number of anilines is 2. The van der Waals surface area contributed by atoms with E-state index < -0.39 is 0 Å². The maximum Gasteiger partial charge on any atom is 0.332 e. The summed E-state index contributed by atoms with van der Waals surface area (Å²) in [5.41, 5.74) is 2.37. The molecule has 1 aliphatic rings. The van der Waals surface area contributed by atoms with Crippen LogP contribution in [0.15, 0.2) is 64.2 Å². The summed E-state index contributed by atoms with van der Waals surface area (Å²) in [6.07, 6.45) is 1.52. The van der Waals surface area contributed by atoms with Crippen LogP contribution < -0.4 is 16.1 Å². The maximum atomic E-state index is 13.3. The number of imidazole rings is 1. The molecule has 2 aromatic heterocycles. The van der Waals surface area contributed by atoms with Gasteiger partial charge in [-0.3, -0.25) is 13.9 Å². The van der Waals surface area contributed by atoms with E-state index in [1.54, 1.807) is 7.05 Å². The molecule has 31 heavy (non-hydrogen) atoms. The van der Waals surface area contributed by atoms with Crippen molar-refractivity contribution in [3.63, 3.8) is 0 Å². The fraction of sp³-hybridized carbons (Fsp3) is 0.261. The van der Waals surface area contributed by atoms with Crippen molar-refractivity contribution < 1.29 is 0 Å². The van der Waals surface area contributed by atoms with Gasteiger partial charge in [0.15, 0.2) is 11.2 Å². The predicted molar refractivity (Wildman–Crippen MR) is 122 cm³/mol.